The van der Waals surface area contributed by atoms with Crippen LogP contribution in [0.2, 0.25) is 0 Å². The maximum absolute atomic E-state index is 5.77. The molecule has 0 radical (unpaired) electrons. The van der Waals surface area contributed by atoms with Crippen LogP contribution in [0.15, 0.2) is 24.3 Å². The quantitative estimate of drug-likeness (QED) is 0.884. The first-order valence-corrected chi connectivity index (χ1v) is 7.02. The molecule has 0 amide bonds. The van der Waals surface area contributed by atoms with E-state index in [2.05, 4.69) is 49.9 Å². The molecule has 0 aromatic heterocycles. The molecule has 18 heavy (non-hydrogen) atoms. The lowest BCUT2D eigenvalue weighted by atomic mass is 9.86. The zero-order valence-corrected chi connectivity index (χ0v) is 11.9. The highest BCUT2D eigenvalue weighted by molar-refractivity contribution is 5.27. The normalized spacial score (nSPS) is 17.8. The fourth-order valence-electron chi connectivity index (χ4n) is 2.47. The molecule has 0 saturated carbocycles. The van der Waals surface area contributed by atoms with E-state index in [0.29, 0.717) is 6.04 Å². The van der Waals surface area contributed by atoms with E-state index in [1.165, 1.54) is 30.5 Å². The number of nitrogens with two attached hydrogens (primary N) is 1. The largest absolute Gasteiger partial charge is 0.325 e. The van der Waals surface area contributed by atoms with Crippen LogP contribution in [-0.2, 0) is 11.8 Å². The van der Waals surface area contributed by atoms with Crippen molar-refractivity contribution in [3.8, 4) is 0 Å². The van der Waals surface area contributed by atoms with Gasteiger partial charge in [0.05, 0.1) is 0 Å². The fourth-order valence-corrected chi connectivity index (χ4v) is 2.47. The van der Waals surface area contributed by atoms with E-state index in [1.807, 2.05) is 0 Å². The highest BCUT2D eigenvalue weighted by atomic mass is 15.2. The van der Waals surface area contributed by atoms with Gasteiger partial charge in [-0.05, 0) is 35.9 Å². The van der Waals surface area contributed by atoms with Crippen molar-refractivity contribution >= 4 is 0 Å². The van der Waals surface area contributed by atoms with Gasteiger partial charge in [-0.1, -0.05) is 45.0 Å². The predicted octanol–water partition coefficient (Wildman–Crippen LogP) is 2.56. The number of hydrogen-bond acceptors (Lipinski definition) is 2. The fraction of sp³-hybridized carbons (Fsp3) is 0.625. The van der Waals surface area contributed by atoms with Gasteiger partial charge in [0.25, 0.3) is 0 Å². The van der Waals surface area contributed by atoms with Crippen LogP contribution in [0, 0.1) is 0 Å². The van der Waals surface area contributed by atoms with Crippen molar-refractivity contribution in [2.75, 3.05) is 19.6 Å². The third-order valence-electron chi connectivity index (χ3n) is 3.75. The standard InChI is InChI=1S/C16H26N2/c1-16(2,3)14-8-6-13(7-9-14)5-4-10-18-11-15(17)12-18/h6-9,15H,4-5,10-12,17H2,1-3H3. The Labute approximate surface area is 111 Å². The van der Waals surface area contributed by atoms with E-state index in [4.69, 9.17) is 5.73 Å². The first-order chi connectivity index (χ1) is 8.45. The Kier molecular flexibility index (Phi) is 4.08. The van der Waals surface area contributed by atoms with Crippen molar-refractivity contribution in [2.24, 2.45) is 5.73 Å². The molecule has 0 aliphatic carbocycles. The zero-order valence-electron chi connectivity index (χ0n) is 11.9. The van der Waals surface area contributed by atoms with Crippen LogP contribution in [0.1, 0.15) is 38.3 Å². The molecule has 1 aromatic carbocycles. The average molecular weight is 246 g/mol. The van der Waals surface area contributed by atoms with Gasteiger partial charge in [0.1, 0.15) is 0 Å². The summed E-state index contributed by atoms with van der Waals surface area (Å²) in [6.45, 7) is 10.1. The van der Waals surface area contributed by atoms with Gasteiger partial charge in [-0.3, -0.25) is 0 Å². The minimum Gasteiger partial charge on any atom is -0.325 e. The molecule has 0 atom stereocenters. The number of nitrogens with zero attached hydrogens (tertiary/aromatic N) is 1. The number of rotatable bonds is 4. The molecular weight excluding hydrogens is 220 g/mol. The van der Waals surface area contributed by atoms with Gasteiger partial charge in [-0.15, -0.1) is 0 Å². The lowest BCUT2D eigenvalue weighted by molar-refractivity contribution is 0.149. The van der Waals surface area contributed by atoms with Gasteiger partial charge in [0, 0.05) is 19.1 Å². The Balaban J connectivity index is 1.76. The summed E-state index contributed by atoms with van der Waals surface area (Å²) < 4.78 is 0. The Morgan fingerprint density at radius 2 is 1.78 bits per heavy atom. The molecule has 100 valence electrons. The van der Waals surface area contributed by atoms with Crippen LogP contribution in [0.4, 0.5) is 0 Å². The summed E-state index contributed by atoms with van der Waals surface area (Å²) in [4.78, 5) is 2.44. The second-order valence-corrected chi connectivity index (χ2v) is 6.57. The first-order valence-electron chi connectivity index (χ1n) is 7.02. The van der Waals surface area contributed by atoms with Crippen LogP contribution in [-0.4, -0.2) is 30.6 Å². The average Bonchev–Trinajstić information content (AvgIpc) is 2.26. The summed E-state index contributed by atoms with van der Waals surface area (Å²) in [5.74, 6) is 0. The van der Waals surface area contributed by atoms with Crippen molar-refractivity contribution in [1.29, 1.82) is 0 Å². The van der Waals surface area contributed by atoms with Crippen molar-refractivity contribution in [3.63, 3.8) is 0 Å². The number of benzene rings is 1. The minimum absolute atomic E-state index is 0.256. The lowest BCUT2D eigenvalue weighted by Crippen LogP contribution is -2.55. The Morgan fingerprint density at radius 3 is 2.28 bits per heavy atom. The minimum atomic E-state index is 0.256. The van der Waals surface area contributed by atoms with Crippen LogP contribution in [0.5, 0.6) is 0 Å². The van der Waals surface area contributed by atoms with Gasteiger partial charge >= 0.3 is 0 Å². The zero-order chi connectivity index (χ0) is 13.2. The van der Waals surface area contributed by atoms with E-state index in [0.717, 1.165) is 13.1 Å². The Hall–Kier alpha value is -0.860. The van der Waals surface area contributed by atoms with Gasteiger partial charge in [0.2, 0.25) is 0 Å². The van der Waals surface area contributed by atoms with E-state index >= 15 is 0 Å². The topological polar surface area (TPSA) is 29.3 Å². The molecule has 0 unspecified atom stereocenters. The van der Waals surface area contributed by atoms with Crippen LogP contribution >= 0.6 is 0 Å². The molecule has 2 nitrogen and oxygen atoms in total. The second kappa shape index (κ2) is 5.41. The number of likely N-dealkylation sites (tertiary alicyclic amines) is 1. The highest BCUT2D eigenvalue weighted by Crippen LogP contribution is 2.22. The smallest absolute Gasteiger partial charge is 0.0297 e. The second-order valence-electron chi connectivity index (χ2n) is 6.57. The van der Waals surface area contributed by atoms with Gasteiger partial charge in [0.15, 0.2) is 0 Å². The van der Waals surface area contributed by atoms with E-state index in [9.17, 15) is 0 Å². The lowest BCUT2D eigenvalue weighted by Gasteiger charge is -2.36. The molecule has 0 bridgehead atoms. The van der Waals surface area contributed by atoms with Gasteiger partial charge in [-0.2, -0.15) is 0 Å². The SMILES string of the molecule is CC(C)(C)c1ccc(CCCN2CC(N)C2)cc1. The monoisotopic (exact) mass is 246 g/mol. The molecule has 2 N–H and O–H groups in total. The van der Waals surface area contributed by atoms with Crippen LogP contribution in [0.25, 0.3) is 0 Å². The van der Waals surface area contributed by atoms with Gasteiger partial charge < -0.3 is 10.6 Å². The third-order valence-corrected chi connectivity index (χ3v) is 3.75. The molecule has 1 aromatic rings. The Bertz CT molecular complexity index is 369. The molecular formula is C16H26N2. The molecule has 2 rings (SSSR count). The van der Waals surface area contributed by atoms with E-state index in [-0.39, 0.29) is 5.41 Å². The molecule has 1 aliphatic heterocycles. The van der Waals surface area contributed by atoms with Crippen LogP contribution in [0.3, 0.4) is 0 Å². The van der Waals surface area contributed by atoms with Crippen molar-refractivity contribution in [1.82, 2.24) is 4.90 Å². The third kappa shape index (κ3) is 3.56. The van der Waals surface area contributed by atoms with Crippen LogP contribution < -0.4 is 5.73 Å². The summed E-state index contributed by atoms with van der Waals surface area (Å²) in [7, 11) is 0. The summed E-state index contributed by atoms with van der Waals surface area (Å²) in [5, 5.41) is 0. The van der Waals surface area contributed by atoms with E-state index in [1.54, 1.807) is 0 Å². The first kappa shape index (κ1) is 13.6. The van der Waals surface area contributed by atoms with Gasteiger partial charge in [-0.25, -0.2) is 0 Å². The van der Waals surface area contributed by atoms with Crippen molar-refractivity contribution < 1.29 is 0 Å². The van der Waals surface area contributed by atoms with E-state index < -0.39 is 0 Å². The van der Waals surface area contributed by atoms with Crippen molar-refractivity contribution in [2.45, 2.75) is 45.1 Å². The van der Waals surface area contributed by atoms with Crippen molar-refractivity contribution in [3.05, 3.63) is 35.4 Å². The maximum Gasteiger partial charge on any atom is 0.0297 e. The molecule has 1 heterocycles. The molecule has 1 fully saturated rings. The highest BCUT2D eigenvalue weighted by Gasteiger charge is 2.21. The summed E-state index contributed by atoms with van der Waals surface area (Å²) in [6.07, 6.45) is 2.41. The molecule has 1 saturated heterocycles. The number of hydrogen-bond donors (Lipinski definition) is 1. The summed E-state index contributed by atoms with van der Waals surface area (Å²) in [5.41, 5.74) is 8.89. The maximum atomic E-state index is 5.77. The predicted molar refractivity (Wildman–Crippen MR) is 77.9 cm³/mol. The summed E-state index contributed by atoms with van der Waals surface area (Å²) in [6, 6.07) is 9.53. The molecule has 0 spiro atoms. The molecule has 1 aliphatic rings. The number of aryl methyl sites for hydroxylation is 1. The Morgan fingerprint density at radius 1 is 1.17 bits per heavy atom. The molecule has 2 heteroatoms. The summed E-state index contributed by atoms with van der Waals surface area (Å²) >= 11 is 0.